The fourth-order valence-electron chi connectivity index (χ4n) is 2.10. The summed E-state index contributed by atoms with van der Waals surface area (Å²) in [5.41, 5.74) is -1.07. The van der Waals surface area contributed by atoms with E-state index >= 15 is 0 Å². The molecule has 0 spiro atoms. The molecule has 5 nitrogen and oxygen atoms in total. The van der Waals surface area contributed by atoms with Crippen LogP contribution in [-0.4, -0.2) is 32.3 Å². The van der Waals surface area contributed by atoms with Gasteiger partial charge in [-0.15, -0.1) is 0 Å². The van der Waals surface area contributed by atoms with Crippen LogP contribution in [0.5, 0.6) is 5.75 Å². The van der Waals surface area contributed by atoms with E-state index in [1.807, 2.05) is 0 Å². The molecule has 118 valence electrons. The molecule has 1 atom stereocenters. The minimum Gasteiger partial charge on any atom is -0.491 e. The van der Waals surface area contributed by atoms with Crippen molar-refractivity contribution in [2.45, 2.75) is 37.2 Å². The molecule has 21 heavy (non-hydrogen) atoms. The van der Waals surface area contributed by atoms with Gasteiger partial charge in [-0.2, -0.15) is 0 Å². The largest absolute Gasteiger partial charge is 0.491 e. The lowest BCUT2D eigenvalue weighted by Gasteiger charge is -2.23. The lowest BCUT2D eigenvalue weighted by atomic mass is 10.0. The first-order valence-corrected chi connectivity index (χ1v) is 8.39. The summed E-state index contributed by atoms with van der Waals surface area (Å²) in [5, 5.41) is 10.1. The monoisotopic (exact) mass is 317 g/mol. The minimum atomic E-state index is -3.86. The van der Waals surface area contributed by atoms with Gasteiger partial charge in [-0.05, 0) is 50.8 Å². The normalized spacial score (nSPS) is 18.3. The van der Waals surface area contributed by atoms with Crippen molar-refractivity contribution >= 4 is 10.0 Å². The van der Waals surface area contributed by atoms with Gasteiger partial charge in [0.15, 0.2) is 11.6 Å². The van der Waals surface area contributed by atoms with Crippen molar-refractivity contribution in [2.75, 3.05) is 13.2 Å². The molecular formula is C14H20FNO4S. The average molecular weight is 317 g/mol. The Kier molecular flexibility index (Phi) is 4.55. The second-order valence-corrected chi connectivity index (χ2v) is 7.25. The number of hydrogen-bond acceptors (Lipinski definition) is 4. The third-order valence-electron chi connectivity index (χ3n) is 3.59. The third kappa shape index (κ3) is 3.93. The fourth-order valence-corrected chi connectivity index (χ4v) is 3.25. The van der Waals surface area contributed by atoms with Gasteiger partial charge >= 0.3 is 0 Å². The van der Waals surface area contributed by atoms with Gasteiger partial charge in [0.25, 0.3) is 0 Å². The van der Waals surface area contributed by atoms with Crippen molar-refractivity contribution in [1.82, 2.24) is 4.72 Å². The Morgan fingerprint density at radius 3 is 2.67 bits per heavy atom. The maximum Gasteiger partial charge on any atom is 0.240 e. The van der Waals surface area contributed by atoms with E-state index in [2.05, 4.69) is 4.72 Å². The number of nitrogens with one attached hydrogen (secondary N) is 1. The van der Waals surface area contributed by atoms with Crippen LogP contribution in [0.4, 0.5) is 4.39 Å². The molecule has 1 aliphatic rings. The zero-order chi connectivity index (χ0) is 15.7. The highest BCUT2D eigenvalue weighted by atomic mass is 32.2. The van der Waals surface area contributed by atoms with E-state index in [1.54, 1.807) is 13.8 Å². The summed E-state index contributed by atoms with van der Waals surface area (Å²) >= 11 is 0. The molecule has 0 bridgehead atoms. The predicted molar refractivity (Wildman–Crippen MR) is 76.1 cm³/mol. The van der Waals surface area contributed by atoms with Crippen LogP contribution in [-0.2, 0) is 10.0 Å². The molecule has 0 aromatic heterocycles. The molecule has 1 aliphatic carbocycles. The lowest BCUT2D eigenvalue weighted by Crippen LogP contribution is -2.42. The van der Waals surface area contributed by atoms with Crippen LogP contribution < -0.4 is 9.46 Å². The molecule has 0 unspecified atom stereocenters. The number of ether oxygens (including phenoxy) is 1. The summed E-state index contributed by atoms with van der Waals surface area (Å²) < 4.78 is 45.3. The van der Waals surface area contributed by atoms with Gasteiger partial charge < -0.3 is 9.84 Å². The smallest absolute Gasteiger partial charge is 0.240 e. The molecule has 1 aromatic rings. The lowest BCUT2D eigenvalue weighted by molar-refractivity contribution is 0.0422. The second-order valence-electron chi connectivity index (χ2n) is 5.48. The Morgan fingerprint density at radius 2 is 2.14 bits per heavy atom. The van der Waals surface area contributed by atoms with Crippen molar-refractivity contribution in [3.05, 3.63) is 24.0 Å². The molecule has 7 heteroatoms. The van der Waals surface area contributed by atoms with Crippen LogP contribution in [0.15, 0.2) is 23.1 Å². The van der Waals surface area contributed by atoms with E-state index in [0.29, 0.717) is 6.61 Å². The predicted octanol–water partition coefficient (Wildman–Crippen LogP) is 1.66. The molecule has 1 aromatic carbocycles. The Balaban J connectivity index is 2.10. The van der Waals surface area contributed by atoms with Gasteiger partial charge in [0.05, 0.1) is 17.1 Å². The molecule has 0 aliphatic heterocycles. The second kappa shape index (κ2) is 5.90. The third-order valence-corrected chi connectivity index (χ3v) is 4.99. The van der Waals surface area contributed by atoms with Crippen molar-refractivity contribution in [3.8, 4) is 5.75 Å². The molecule has 1 saturated carbocycles. The highest BCUT2D eigenvalue weighted by molar-refractivity contribution is 7.89. The Morgan fingerprint density at radius 1 is 1.48 bits per heavy atom. The minimum absolute atomic E-state index is 0.0152. The molecule has 0 heterocycles. The van der Waals surface area contributed by atoms with E-state index in [1.165, 1.54) is 12.1 Å². The molecular weight excluding hydrogens is 297 g/mol. The standard InChI is InChI=1S/C14H20FNO4S/c1-3-20-13-7-6-11(8-12(13)15)21(18,19)16-9-14(2,17)10-4-5-10/h6-8,10,16-17H,3-5,9H2,1-2H3/t14-/m1/s1. The highest BCUT2D eigenvalue weighted by Gasteiger charge is 2.40. The first-order chi connectivity index (χ1) is 9.76. The number of rotatable bonds is 7. The first kappa shape index (κ1) is 16.2. The molecule has 1 fully saturated rings. The summed E-state index contributed by atoms with van der Waals surface area (Å²) in [5.74, 6) is -0.590. The van der Waals surface area contributed by atoms with Gasteiger partial charge in [-0.1, -0.05) is 0 Å². The fraction of sp³-hybridized carbons (Fsp3) is 0.571. The number of halogens is 1. The van der Waals surface area contributed by atoms with Gasteiger partial charge in [-0.3, -0.25) is 0 Å². The SMILES string of the molecule is CCOc1ccc(S(=O)(=O)NC[C@@](C)(O)C2CC2)cc1F. The maximum atomic E-state index is 13.7. The number of benzene rings is 1. The maximum absolute atomic E-state index is 13.7. The Labute approximate surface area is 124 Å². The molecule has 0 radical (unpaired) electrons. The van der Waals surface area contributed by atoms with Gasteiger partial charge in [0, 0.05) is 6.54 Å². The Bertz CT molecular complexity index is 611. The van der Waals surface area contributed by atoms with Crippen LogP contribution in [0, 0.1) is 11.7 Å². The van der Waals surface area contributed by atoms with Crippen LogP contribution >= 0.6 is 0 Å². The molecule has 2 rings (SSSR count). The van der Waals surface area contributed by atoms with E-state index in [4.69, 9.17) is 4.74 Å². The molecule has 0 saturated heterocycles. The topological polar surface area (TPSA) is 75.6 Å². The van der Waals surface area contributed by atoms with Gasteiger partial charge in [0.2, 0.25) is 10.0 Å². The van der Waals surface area contributed by atoms with E-state index in [0.717, 1.165) is 18.9 Å². The molecule has 2 N–H and O–H groups in total. The van der Waals surface area contributed by atoms with Crippen molar-refractivity contribution in [2.24, 2.45) is 5.92 Å². The van der Waals surface area contributed by atoms with Gasteiger partial charge in [-0.25, -0.2) is 17.5 Å². The number of aliphatic hydroxyl groups is 1. The van der Waals surface area contributed by atoms with E-state index in [-0.39, 0.29) is 23.1 Å². The average Bonchev–Trinajstić information content (AvgIpc) is 3.24. The van der Waals surface area contributed by atoms with E-state index < -0.39 is 21.4 Å². The van der Waals surface area contributed by atoms with Crippen LogP contribution in [0.3, 0.4) is 0 Å². The number of hydrogen-bond donors (Lipinski definition) is 2. The summed E-state index contributed by atoms with van der Waals surface area (Å²) in [4.78, 5) is -0.185. The summed E-state index contributed by atoms with van der Waals surface area (Å²) in [6.45, 7) is 3.53. The van der Waals surface area contributed by atoms with E-state index in [9.17, 15) is 17.9 Å². The highest BCUT2D eigenvalue weighted by Crippen LogP contribution is 2.39. The quantitative estimate of drug-likeness (QED) is 0.802. The summed E-state index contributed by atoms with van der Waals surface area (Å²) in [7, 11) is -3.86. The molecule has 0 amide bonds. The summed E-state index contributed by atoms with van der Waals surface area (Å²) in [6, 6.07) is 3.48. The van der Waals surface area contributed by atoms with Crippen molar-refractivity contribution < 1.29 is 22.7 Å². The van der Waals surface area contributed by atoms with Crippen molar-refractivity contribution in [1.29, 1.82) is 0 Å². The zero-order valence-corrected chi connectivity index (χ0v) is 12.9. The zero-order valence-electron chi connectivity index (χ0n) is 12.1. The van der Waals surface area contributed by atoms with Crippen LogP contribution in [0.2, 0.25) is 0 Å². The van der Waals surface area contributed by atoms with Crippen LogP contribution in [0.1, 0.15) is 26.7 Å². The van der Waals surface area contributed by atoms with Crippen molar-refractivity contribution in [3.63, 3.8) is 0 Å². The number of sulfonamides is 1. The van der Waals surface area contributed by atoms with Crippen LogP contribution in [0.25, 0.3) is 0 Å². The summed E-state index contributed by atoms with van der Waals surface area (Å²) in [6.07, 6.45) is 1.79. The Hall–Kier alpha value is -1.18. The van der Waals surface area contributed by atoms with Gasteiger partial charge in [0.1, 0.15) is 0 Å². The first-order valence-electron chi connectivity index (χ1n) is 6.90.